The van der Waals surface area contributed by atoms with Crippen molar-refractivity contribution in [3.8, 4) is 0 Å². The van der Waals surface area contributed by atoms with Gasteiger partial charge in [0.15, 0.2) is 0 Å². The van der Waals surface area contributed by atoms with E-state index < -0.39 is 17.9 Å². The number of nitrogens with one attached hydrogen (secondary N) is 1. The quantitative estimate of drug-likeness (QED) is 0.695. The molecule has 6 nitrogen and oxygen atoms in total. The molecule has 0 bridgehead atoms. The molecule has 1 aliphatic rings. The highest BCUT2D eigenvalue weighted by atomic mass is 16.5. The number of aliphatic carboxylic acids is 1. The van der Waals surface area contributed by atoms with E-state index in [9.17, 15) is 9.59 Å². The molecular weight excluding hydrogens is 224 g/mol. The lowest BCUT2D eigenvalue weighted by atomic mass is 10.0. The summed E-state index contributed by atoms with van der Waals surface area (Å²) in [6, 6.07) is -0.729. The van der Waals surface area contributed by atoms with E-state index in [1.807, 2.05) is 0 Å². The number of likely N-dealkylation sites (N-methyl/N-ethyl adjacent to an activating group) is 1. The third-order valence-corrected chi connectivity index (χ3v) is 2.73. The van der Waals surface area contributed by atoms with Crippen LogP contribution in [-0.4, -0.2) is 54.9 Å². The van der Waals surface area contributed by atoms with Crippen molar-refractivity contribution in [2.45, 2.75) is 13.0 Å². The number of hydrogen-bond donors (Lipinski definition) is 2. The lowest BCUT2D eigenvalue weighted by Gasteiger charge is -2.26. The fourth-order valence-electron chi connectivity index (χ4n) is 1.66. The summed E-state index contributed by atoms with van der Waals surface area (Å²) < 4.78 is 5.11. The van der Waals surface area contributed by atoms with Gasteiger partial charge in [0.25, 0.3) is 0 Å². The standard InChI is InChI=1S/C11H18N2O4/c1-7(2)4-12-11(16)13(3)9-6-17-5-8(9)10(14)15/h8-9H,1,4-6H2,2-3H3,(H,12,16)(H,14,15). The summed E-state index contributed by atoms with van der Waals surface area (Å²) in [6.45, 7) is 6.27. The normalized spacial score (nSPS) is 23.2. The molecule has 2 amide bonds. The van der Waals surface area contributed by atoms with E-state index in [0.717, 1.165) is 5.57 Å². The first-order valence-electron chi connectivity index (χ1n) is 5.39. The summed E-state index contributed by atoms with van der Waals surface area (Å²) in [4.78, 5) is 24.1. The number of carbonyl (C=O) groups is 2. The van der Waals surface area contributed by atoms with Crippen LogP contribution in [0, 0.1) is 5.92 Å². The number of ether oxygens (including phenoxy) is 1. The molecule has 1 fully saturated rings. The lowest BCUT2D eigenvalue weighted by Crippen LogP contribution is -2.48. The van der Waals surface area contributed by atoms with Crippen LogP contribution in [0.3, 0.4) is 0 Å². The van der Waals surface area contributed by atoms with Crippen LogP contribution in [-0.2, 0) is 9.53 Å². The number of carboxylic acids is 1. The van der Waals surface area contributed by atoms with Gasteiger partial charge < -0.3 is 20.1 Å². The van der Waals surface area contributed by atoms with Crippen LogP contribution >= 0.6 is 0 Å². The first-order valence-corrected chi connectivity index (χ1v) is 5.39. The molecule has 2 unspecified atom stereocenters. The molecule has 1 heterocycles. The van der Waals surface area contributed by atoms with E-state index in [-0.39, 0.29) is 19.2 Å². The molecule has 0 saturated carbocycles. The lowest BCUT2D eigenvalue weighted by molar-refractivity contribution is -0.142. The third-order valence-electron chi connectivity index (χ3n) is 2.73. The van der Waals surface area contributed by atoms with Crippen LogP contribution in [0.25, 0.3) is 0 Å². The van der Waals surface area contributed by atoms with Crippen molar-refractivity contribution < 1.29 is 19.4 Å². The predicted octanol–water partition coefficient (Wildman–Crippen LogP) is 0.303. The number of nitrogens with zero attached hydrogens (tertiary/aromatic N) is 1. The summed E-state index contributed by atoms with van der Waals surface area (Å²) in [5, 5.41) is 11.6. The molecule has 0 aliphatic carbocycles. The SMILES string of the molecule is C=C(C)CNC(=O)N(C)C1COCC1C(=O)O. The maximum absolute atomic E-state index is 11.7. The molecule has 96 valence electrons. The van der Waals surface area contributed by atoms with Gasteiger partial charge in [-0.2, -0.15) is 0 Å². The van der Waals surface area contributed by atoms with Crippen molar-refractivity contribution in [3.63, 3.8) is 0 Å². The largest absolute Gasteiger partial charge is 0.481 e. The summed E-state index contributed by atoms with van der Waals surface area (Å²) in [5.41, 5.74) is 0.837. The molecule has 0 aromatic carbocycles. The topological polar surface area (TPSA) is 78.9 Å². The molecular formula is C11H18N2O4. The van der Waals surface area contributed by atoms with Crippen molar-refractivity contribution >= 4 is 12.0 Å². The second kappa shape index (κ2) is 5.67. The Balaban J connectivity index is 2.56. The fourth-order valence-corrected chi connectivity index (χ4v) is 1.66. The average Bonchev–Trinajstić information content (AvgIpc) is 2.73. The van der Waals surface area contributed by atoms with Crippen molar-refractivity contribution in [2.24, 2.45) is 5.92 Å². The zero-order valence-corrected chi connectivity index (χ0v) is 10.1. The zero-order valence-electron chi connectivity index (χ0n) is 10.1. The van der Waals surface area contributed by atoms with Gasteiger partial charge in [0.05, 0.1) is 19.3 Å². The van der Waals surface area contributed by atoms with Crippen LogP contribution in [0.15, 0.2) is 12.2 Å². The summed E-state index contributed by atoms with van der Waals surface area (Å²) in [6.07, 6.45) is 0. The molecule has 0 aromatic heterocycles. The number of rotatable bonds is 4. The second-order valence-corrected chi connectivity index (χ2v) is 4.28. The Labute approximate surface area is 100 Å². The van der Waals surface area contributed by atoms with Crippen molar-refractivity contribution in [3.05, 3.63) is 12.2 Å². The summed E-state index contributed by atoms with van der Waals surface area (Å²) in [7, 11) is 1.57. The Morgan fingerprint density at radius 2 is 2.18 bits per heavy atom. The van der Waals surface area contributed by atoms with Crippen LogP contribution < -0.4 is 5.32 Å². The molecule has 17 heavy (non-hydrogen) atoms. The third kappa shape index (κ3) is 3.45. The van der Waals surface area contributed by atoms with Gasteiger partial charge in [0.2, 0.25) is 0 Å². The van der Waals surface area contributed by atoms with E-state index >= 15 is 0 Å². The number of hydrogen-bond acceptors (Lipinski definition) is 3. The number of carbonyl (C=O) groups excluding carboxylic acids is 1. The van der Waals surface area contributed by atoms with E-state index in [4.69, 9.17) is 9.84 Å². The first kappa shape index (κ1) is 13.5. The fraction of sp³-hybridized carbons (Fsp3) is 0.636. The molecule has 1 rings (SSSR count). The number of urea groups is 1. The molecule has 0 spiro atoms. The molecule has 0 aromatic rings. The molecule has 2 N–H and O–H groups in total. The Bertz CT molecular complexity index is 329. The molecule has 2 atom stereocenters. The highest BCUT2D eigenvalue weighted by molar-refractivity contribution is 5.77. The Morgan fingerprint density at radius 3 is 2.71 bits per heavy atom. The highest BCUT2D eigenvalue weighted by Crippen LogP contribution is 2.18. The maximum atomic E-state index is 11.7. The first-order chi connectivity index (χ1) is 7.93. The van der Waals surface area contributed by atoms with Gasteiger partial charge in [0.1, 0.15) is 5.92 Å². The van der Waals surface area contributed by atoms with Crippen molar-refractivity contribution in [2.75, 3.05) is 26.8 Å². The minimum absolute atomic E-state index is 0.151. The van der Waals surface area contributed by atoms with Crippen LogP contribution in [0.5, 0.6) is 0 Å². The van der Waals surface area contributed by atoms with E-state index in [2.05, 4.69) is 11.9 Å². The van der Waals surface area contributed by atoms with Gasteiger partial charge in [-0.15, -0.1) is 0 Å². The monoisotopic (exact) mass is 242 g/mol. The smallest absolute Gasteiger partial charge is 0.317 e. The molecule has 6 heteroatoms. The van der Waals surface area contributed by atoms with Gasteiger partial charge in [-0.3, -0.25) is 4.79 Å². The zero-order chi connectivity index (χ0) is 13.0. The second-order valence-electron chi connectivity index (χ2n) is 4.28. The number of amides is 2. The van der Waals surface area contributed by atoms with Crippen molar-refractivity contribution in [1.29, 1.82) is 0 Å². The predicted molar refractivity (Wildman–Crippen MR) is 61.7 cm³/mol. The van der Waals surface area contributed by atoms with E-state index in [1.165, 1.54) is 4.90 Å². The van der Waals surface area contributed by atoms with Crippen LogP contribution in [0.2, 0.25) is 0 Å². The molecule has 0 radical (unpaired) electrons. The van der Waals surface area contributed by atoms with Gasteiger partial charge in [-0.25, -0.2) is 4.79 Å². The minimum atomic E-state index is -0.938. The Kier molecular flexibility index (Phi) is 4.51. The van der Waals surface area contributed by atoms with Crippen molar-refractivity contribution in [1.82, 2.24) is 10.2 Å². The van der Waals surface area contributed by atoms with Gasteiger partial charge in [-0.05, 0) is 6.92 Å². The Morgan fingerprint density at radius 1 is 1.53 bits per heavy atom. The molecule has 1 aliphatic heterocycles. The summed E-state index contributed by atoms with van der Waals surface area (Å²) in [5.74, 6) is -1.59. The molecule has 1 saturated heterocycles. The van der Waals surface area contributed by atoms with Crippen LogP contribution in [0.1, 0.15) is 6.92 Å². The van der Waals surface area contributed by atoms with Crippen LogP contribution in [0.4, 0.5) is 4.79 Å². The summed E-state index contributed by atoms with van der Waals surface area (Å²) >= 11 is 0. The van der Waals surface area contributed by atoms with Gasteiger partial charge in [0, 0.05) is 13.6 Å². The van der Waals surface area contributed by atoms with E-state index in [0.29, 0.717) is 6.54 Å². The van der Waals surface area contributed by atoms with E-state index in [1.54, 1.807) is 14.0 Å². The number of carboxylic acid groups (broad SMARTS) is 1. The highest BCUT2D eigenvalue weighted by Gasteiger charge is 2.38. The Hall–Kier alpha value is -1.56. The maximum Gasteiger partial charge on any atom is 0.317 e. The minimum Gasteiger partial charge on any atom is -0.481 e. The van der Waals surface area contributed by atoms with Gasteiger partial charge in [-0.1, -0.05) is 12.2 Å². The van der Waals surface area contributed by atoms with Gasteiger partial charge >= 0.3 is 12.0 Å². The average molecular weight is 242 g/mol.